The predicted octanol–water partition coefficient (Wildman–Crippen LogP) is 3.73. The molecule has 1 N–H and O–H groups in total. The summed E-state index contributed by atoms with van der Waals surface area (Å²) in [5.41, 5.74) is 1.82. The molecule has 0 bridgehead atoms. The fourth-order valence-electron chi connectivity index (χ4n) is 3.52. The number of carbonyl (C=O) groups is 1. The Morgan fingerprint density at radius 3 is 2.67 bits per heavy atom. The molecule has 6 nitrogen and oxygen atoms in total. The number of sulfonamides is 1. The van der Waals surface area contributed by atoms with Crippen LogP contribution in [0.5, 0.6) is 0 Å². The second-order valence-corrected chi connectivity index (χ2v) is 10.1. The average molecular weight is 448 g/mol. The second-order valence-electron chi connectivity index (χ2n) is 7.17. The van der Waals surface area contributed by atoms with E-state index >= 15 is 0 Å². The molecule has 0 aromatic heterocycles. The van der Waals surface area contributed by atoms with Crippen molar-refractivity contribution >= 4 is 39.1 Å². The molecule has 3 rings (SSSR count). The van der Waals surface area contributed by atoms with Gasteiger partial charge in [0.1, 0.15) is 0 Å². The van der Waals surface area contributed by atoms with Crippen LogP contribution in [-0.2, 0) is 14.8 Å². The highest BCUT2D eigenvalue weighted by molar-refractivity contribution is 7.99. The van der Waals surface area contributed by atoms with Gasteiger partial charge in [-0.25, -0.2) is 13.1 Å². The van der Waals surface area contributed by atoms with Gasteiger partial charge in [0.2, 0.25) is 15.9 Å². The van der Waals surface area contributed by atoms with E-state index in [2.05, 4.69) is 28.7 Å². The lowest BCUT2D eigenvalue weighted by Crippen LogP contribution is -2.31. The summed E-state index contributed by atoms with van der Waals surface area (Å²) >= 11 is 1.66. The van der Waals surface area contributed by atoms with Gasteiger partial charge in [-0.3, -0.25) is 4.79 Å². The number of nitrogens with zero attached hydrogens (tertiary/aromatic N) is 2. The minimum Gasteiger partial charge on any atom is -0.372 e. The molecule has 0 radical (unpaired) electrons. The molecule has 162 valence electrons. The van der Waals surface area contributed by atoms with Crippen molar-refractivity contribution in [3.8, 4) is 0 Å². The molecule has 0 unspecified atom stereocenters. The van der Waals surface area contributed by atoms with Gasteiger partial charge >= 0.3 is 0 Å². The van der Waals surface area contributed by atoms with Gasteiger partial charge in [0.15, 0.2) is 0 Å². The molecule has 0 aliphatic carbocycles. The first-order valence-electron chi connectivity index (χ1n) is 10.3. The van der Waals surface area contributed by atoms with Crippen LogP contribution in [0.1, 0.15) is 26.7 Å². The number of amides is 1. The maximum absolute atomic E-state index is 12.8. The molecule has 30 heavy (non-hydrogen) atoms. The first kappa shape index (κ1) is 22.7. The van der Waals surface area contributed by atoms with Crippen molar-refractivity contribution in [1.82, 2.24) is 4.72 Å². The van der Waals surface area contributed by atoms with Crippen LogP contribution in [0.2, 0.25) is 0 Å². The van der Waals surface area contributed by atoms with Crippen molar-refractivity contribution in [2.45, 2.75) is 36.5 Å². The first-order chi connectivity index (χ1) is 14.4. The predicted molar refractivity (Wildman–Crippen MR) is 124 cm³/mol. The SMILES string of the molecule is CCN(CCCNS(=O)(=O)c1ccc2c(c1)N(C(C)=O)CCCS2)c1ccccc1. The van der Waals surface area contributed by atoms with Gasteiger partial charge in [-0.05, 0) is 55.9 Å². The number of thioether (sulfide) groups is 1. The van der Waals surface area contributed by atoms with Crippen molar-refractivity contribution in [1.29, 1.82) is 0 Å². The minimum atomic E-state index is -3.64. The average Bonchev–Trinajstić information content (AvgIpc) is 2.96. The zero-order chi connectivity index (χ0) is 21.6. The number of nitrogens with one attached hydrogen (secondary N) is 1. The van der Waals surface area contributed by atoms with Crippen LogP contribution in [0.4, 0.5) is 11.4 Å². The molecule has 0 fully saturated rings. The number of benzene rings is 2. The number of para-hydroxylation sites is 1. The summed E-state index contributed by atoms with van der Waals surface area (Å²) in [5, 5.41) is 0. The number of anilines is 2. The summed E-state index contributed by atoms with van der Waals surface area (Å²) in [4.78, 5) is 17.1. The Kier molecular flexibility index (Phi) is 7.80. The van der Waals surface area contributed by atoms with E-state index in [0.717, 1.165) is 35.8 Å². The van der Waals surface area contributed by atoms with Crippen molar-refractivity contribution in [3.05, 3.63) is 48.5 Å². The number of fused-ring (bicyclic) bond motifs is 1. The van der Waals surface area contributed by atoms with Crippen LogP contribution in [0.15, 0.2) is 58.3 Å². The monoisotopic (exact) mass is 447 g/mol. The summed E-state index contributed by atoms with van der Waals surface area (Å²) in [6.07, 6.45) is 1.58. The summed E-state index contributed by atoms with van der Waals surface area (Å²) < 4.78 is 28.4. The number of hydrogen-bond donors (Lipinski definition) is 1. The number of carbonyl (C=O) groups excluding carboxylic acids is 1. The summed E-state index contributed by atoms with van der Waals surface area (Å²) in [6.45, 7) is 6.20. The quantitative estimate of drug-likeness (QED) is 0.625. The zero-order valence-electron chi connectivity index (χ0n) is 17.5. The standard InChI is InChI=1S/C22H29N3O3S2/c1-3-24(19-9-5-4-6-10-19)14-7-13-23-30(27,28)20-11-12-22-21(17-20)25(18(2)26)15-8-16-29-22/h4-6,9-12,17,23H,3,7-8,13-16H2,1-2H3. The van der Waals surface area contributed by atoms with Crippen molar-refractivity contribution in [2.24, 2.45) is 0 Å². The molecule has 2 aromatic rings. The Labute approximate surface area is 183 Å². The minimum absolute atomic E-state index is 0.0678. The molecule has 1 aliphatic heterocycles. The molecular weight excluding hydrogens is 418 g/mol. The van der Waals surface area contributed by atoms with Gasteiger partial charge in [-0.2, -0.15) is 0 Å². The van der Waals surface area contributed by atoms with E-state index in [0.29, 0.717) is 25.2 Å². The van der Waals surface area contributed by atoms with Gasteiger partial charge in [-0.15, -0.1) is 11.8 Å². The number of rotatable bonds is 8. The fraction of sp³-hybridized carbons (Fsp3) is 0.409. The van der Waals surface area contributed by atoms with Gasteiger partial charge < -0.3 is 9.80 Å². The van der Waals surface area contributed by atoms with Crippen molar-refractivity contribution < 1.29 is 13.2 Å². The third kappa shape index (κ3) is 5.56. The third-order valence-corrected chi connectivity index (χ3v) is 7.70. The number of hydrogen-bond acceptors (Lipinski definition) is 5. The van der Waals surface area contributed by atoms with Crippen molar-refractivity contribution in [3.63, 3.8) is 0 Å². The van der Waals surface area contributed by atoms with Crippen LogP contribution in [-0.4, -0.2) is 46.3 Å². The van der Waals surface area contributed by atoms with Crippen LogP contribution >= 0.6 is 11.8 Å². The van der Waals surface area contributed by atoms with Gasteiger partial charge in [-0.1, -0.05) is 18.2 Å². The summed E-state index contributed by atoms with van der Waals surface area (Å²) in [7, 11) is -3.64. The van der Waals surface area contributed by atoms with E-state index < -0.39 is 10.0 Å². The van der Waals surface area contributed by atoms with Crippen LogP contribution in [0.3, 0.4) is 0 Å². The molecule has 1 heterocycles. The van der Waals surface area contributed by atoms with Crippen molar-refractivity contribution in [2.75, 3.05) is 41.7 Å². The smallest absolute Gasteiger partial charge is 0.240 e. The van der Waals surface area contributed by atoms with Gasteiger partial charge in [0.25, 0.3) is 0 Å². The fourth-order valence-corrected chi connectivity index (χ4v) is 5.59. The van der Waals surface area contributed by atoms with E-state index in [1.165, 1.54) is 6.92 Å². The highest BCUT2D eigenvalue weighted by Crippen LogP contribution is 2.35. The topological polar surface area (TPSA) is 69.7 Å². The van der Waals surface area contributed by atoms with Crippen LogP contribution < -0.4 is 14.5 Å². The Morgan fingerprint density at radius 2 is 1.97 bits per heavy atom. The third-order valence-electron chi connectivity index (χ3n) is 5.10. The Balaban J connectivity index is 1.65. The normalized spacial score (nSPS) is 14.1. The molecule has 0 saturated carbocycles. The van der Waals surface area contributed by atoms with Gasteiger partial charge in [0, 0.05) is 43.7 Å². The van der Waals surface area contributed by atoms with E-state index in [1.54, 1.807) is 28.8 Å². The zero-order valence-corrected chi connectivity index (χ0v) is 19.1. The van der Waals surface area contributed by atoms with E-state index in [9.17, 15) is 13.2 Å². The highest BCUT2D eigenvalue weighted by Gasteiger charge is 2.22. The Hall–Kier alpha value is -2.03. The van der Waals surface area contributed by atoms with Crippen LogP contribution in [0.25, 0.3) is 0 Å². The lowest BCUT2D eigenvalue weighted by atomic mass is 10.2. The Morgan fingerprint density at radius 1 is 1.20 bits per heavy atom. The molecule has 0 saturated heterocycles. The molecule has 0 spiro atoms. The van der Waals surface area contributed by atoms with E-state index in [-0.39, 0.29) is 10.8 Å². The lowest BCUT2D eigenvalue weighted by Gasteiger charge is -2.23. The first-order valence-corrected chi connectivity index (χ1v) is 12.7. The Bertz CT molecular complexity index is 965. The highest BCUT2D eigenvalue weighted by atomic mass is 32.2. The maximum Gasteiger partial charge on any atom is 0.240 e. The summed E-state index contributed by atoms with van der Waals surface area (Å²) in [5.74, 6) is 0.845. The van der Waals surface area contributed by atoms with E-state index in [1.807, 2.05) is 24.3 Å². The molecule has 0 atom stereocenters. The van der Waals surface area contributed by atoms with Gasteiger partial charge in [0.05, 0.1) is 10.6 Å². The van der Waals surface area contributed by atoms with Crippen LogP contribution in [0, 0.1) is 0 Å². The molecule has 1 amide bonds. The summed E-state index contributed by atoms with van der Waals surface area (Å²) in [6, 6.07) is 15.2. The largest absolute Gasteiger partial charge is 0.372 e. The second kappa shape index (κ2) is 10.3. The molecule has 2 aromatic carbocycles. The molecule has 8 heteroatoms. The van der Waals surface area contributed by atoms with E-state index in [4.69, 9.17) is 0 Å². The lowest BCUT2D eigenvalue weighted by molar-refractivity contribution is -0.116. The maximum atomic E-state index is 12.8. The molecule has 1 aliphatic rings. The molecular formula is C22H29N3O3S2.